The predicted octanol–water partition coefficient (Wildman–Crippen LogP) is 4.71. The first-order valence-electron chi connectivity index (χ1n) is 11.9. The second-order valence-electron chi connectivity index (χ2n) is 10.2. The summed E-state index contributed by atoms with van der Waals surface area (Å²) in [5.74, 6) is -6.02. The number of hydrogen-bond acceptors (Lipinski definition) is 7. The highest BCUT2D eigenvalue weighted by atomic mass is 32.1. The average molecular weight is 602 g/mol. The summed E-state index contributed by atoms with van der Waals surface area (Å²) < 4.78 is 108. The van der Waals surface area contributed by atoms with Crippen LogP contribution in [0.1, 0.15) is 59.0 Å². The first kappa shape index (κ1) is 29.9. The van der Waals surface area contributed by atoms with Crippen LogP contribution >= 0.6 is 11.3 Å². The number of aliphatic hydroxyl groups is 1. The molecule has 40 heavy (non-hydrogen) atoms. The van der Waals surface area contributed by atoms with E-state index in [0.29, 0.717) is 23.6 Å². The minimum atomic E-state index is -5.15. The smallest absolute Gasteiger partial charge is 0.390 e. The first-order chi connectivity index (χ1) is 18.2. The third-order valence-electron chi connectivity index (χ3n) is 6.44. The van der Waals surface area contributed by atoms with Gasteiger partial charge in [-0.3, -0.25) is 9.59 Å². The van der Waals surface area contributed by atoms with Crippen LogP contribution in [-0.2, 0) is 6.18 Å². The summed E-state index contributed by atoms with van der Waals surface area (Å²) in [4.78, 5) is 33.9. The molecule has 1 aliphatic heterocycles. The number of anilines is 1. The minimum absolute atomic E-state index is 0.192. The third kappa shape index (κ3) is 6.62. The van der Waals surface area contributed by atoms with Crippen molar-refractivity contribution in [3.05, 3.63) is 28.5 Å². The van der Waals surface area contributed by atoms with Crippen molar-refractivity contribution in [3.63, 3.8) is 0 Å². The molecule has 2 aromatic rings. The Morgan fingerprint density at radius 3 is 2.35 bits per heavy atom. The molecule has 1 unspecified atom stereocenters. The highest BCUT2D eigenvalue weighted by Gasteiger charge is 2.47. The van der Waals surface area contributed by atoms with Crippen LogP contribution in [0.5, 0.6) is 0 Å². The van der Waals surface area contributed by atoms with Crippen LogP contribution in [0, 0.1) is 0 Å². The summed E-state index contributed by atoms with van der Waals surface area (Å²) >= 11 is 0.378. The molecule has 0 bridgehead atoms. The van der Waals surface area contributed by atoms with Crippen LogP contribution < -0.4 is 10.6 Å². The van der Waals surface area contributed by atoms with Gasteiger partial charge in [-0.25, -0.2) is 18.7 Å². The van der Waals surface area contributed by atoms with E-state index in [2.05, 4.69) is 15.3 Å². The van der Waals surface area contributed by atoms with E-state index in [1.807, 2.05) is 0 Å². The number of hydrogen-bond donors (Lipinski definition) is 3. The molecular formula is C23H23F8N5O3S. The largest absolute Gasteiger partial charge is 0.417 e. The van der Waals surface area contributed by atoms with E-state index < -0.39 is 99.8 Å². The number of rotatable bonds is 6. The first-order valence-corrected chi connectivity index (χ1v) is 12.7. The Morgan fingerprint density at radius 2 is 1.82 bits per heavy atom. The molecule has 0 aromatic carbocycles. The van der Waals surface area contributed by atoms with Crippen molar-refractivity contribution in [2.24, 2.45) is 0 Å². The number of alkyl halides is 8. The van der Waals surface area contributed by atoms with E-state index in [4.69, 9.17) is 0 Å². The lowest BCUT2D eigenvalue weighted by Gasteiger charge is -2.40. The van der Waals surface area contributed by atoms with Crippen molar-refractivity contribution in [2.45, 2.75) is 69.1 Å². The Bertz CT molecular complexity index is 1300. The number of amides is 2. The van der Waals surface area contributed by atoms with Gasteiger partial charge in [0, 0.05) is 30.3 Å². The number of aromatic nitrogens is 2. The molecule has 1 saturated carbocycles. The average Bonchev–Trinajstić information content (AvgIpc) is 3.35. The standard InChI is InChI=1S/C23H23F8N5O3S/c1-10-4-21(24,25)9-36(10)19(38)15-16(40-18(35-15)17(37)34-11-5-20(2,39)6-11)12-7-32-14(33-8-22(26,27)28)3-13(12)23(29,30)31/h3,7,10-11,39H,4-6,8-9H2,1-2H3,(H,32,33)(H,34,37). The van der Waals surface area contributed by atoms with Crippen LogP contribution in [0.15, 0.2) is 12.3 Å². The molecule has 2 aliphatic rings. The van der Waals surface area contributed by atoms with Gasteiger partial charge in [-0.15, -0.1) is 11.3 Å². The van der Waals surface area contributed by atoms with Gasteiger partial charge < -0.3 is 20.6 Å². The van der Waals surface area contributed by atoms with Gasteiger partial charge in [-0.2, -0.15) is 26.3 Å². The minimum Gasteiger partial charge on any atom is -0.390 e. The van der Waals surface area contributed by atoms with Crippen molar-refractivity contribution < 1.29 is 49.8 Å². The predicted molar refractivity (Wildman–Crippen MR) is 126 cm³/mol. The lowest BCUT2D eigenvalue weighted by atomic mass is 9.77. The fraction of sp³-hybridized carbons (Fsp3) is 0.565. The fourth-order valence-electron chi connectivity index (χ4n) is 4.67. The molecule has 0 spiro atoms. The summed E-state index contributed by atoms with van der Waals surface area (Å²) in [6.45, 7) is 0.179. The van der Waals surface area contributed by atoms with Gasteiger partial charge in [0.05, 0.1) is 22.6 Å². The number of nitrogens with one attached hydrogen (secondary N) is 2. The van der Waals surface area contributed by atoms with Crippen molar-refractivity contribution in [1.29, 1.82) is 0 Å². The second-order valence-corrected chi connectivity index (χ2v) is 11.2. The molecule has 2 aromatic heterocycles. The van der Waals surface area contributed by atoms with Gasteiger partial charge >= 0.3 is 12.4 Å². The lowest BCUT2D eigenvalue weighted by Crippen LogP contribution is -2.53. The van der Waals surface area contributed by atoms with E-state index >= 15 is 0 Å². The highest BCUT2D eigenvalue weighted by molar-refractivity contribution is 7.17. The Labute approximate surface area is 225 Å². The summed E-state index contributed by atoms with van der Waals surface area (Å²) in [5, 5.41) is 13.7. The molecule has 1 saturated heterocycles. The molecule has 2 amide bonds. The highest BCUT2D eigenvalue weighted by Crippen LogP contribution is 2.43. The Morgan fingerprint density at radius 1 is 1.18 bits per heavy atom. The quantitative estimate of drug-likeness (QED) is 0.414. The Kier molecular flexibility index (Phi) is 7.53. The summed E-state index contributed by atoms with van der Waals surface area (Å²) in [6.07, 6.45) is -9.62. The molecule has 1 atom stereocenters. The van der Waals surface area contributed by atoms with Gasteiger partial charge in [0.1, 0.15) is 18.1 Å². The van der Waals surface area contributed by atoms with Crippen molar-refractivity contribution >= 4 is 29.0 Å². The van der Waals surface area contributed by atoms with Crippen molar-refractivity contribution in [1.82, 2.24) is 20.2 Å². The molecular weight excluding hydrogens is 578 g/mol. The fourth-order valence-corrected chi connectivity index (χ4v) is 5.66. The van der Waals surface area contributed by atoms with E-state index in [9.17, 15) is 49.8 Å². The zero-order valence-electron chi connectivity index (χ0n) is 20.9. The van der Waals surface area contributed by atoms with Gasteiger partial charge in [-0.05, 0) is 32.8 Å². The van der Waals surface area contributed by atoms with Crippen LogP contribution in [0.25, 0.3) is 10.4 Å². The monoisotopic (exact) mass is 601 g/mol. The number of carbonyl (C=O) groups is 2. The van der Waals surface area contributed by atoms with E-state index in [1.165, 1.54) is 6.92 Å². The normalized spacial score (nSPS) is 24.5. The maximum atomic E-state index is 14.1. The maximum absolute atomic E-state index is 14.1. The molecule has 17 heteroatoms. The number of thiazole rings is 1. The molecule has 3 heterocycles. The van der Waals surface area contributed by atoms with Gasteiger partial charge in [0.15, 0.2) is 5.01 Å². The van der Waals surface area contributed by atoms with Crippen molar-refractivity contribution in [2.75, 3.05) is 18.4 Å². The van der Waals surface area contributed by atoms with Crippen LogP contribution in [-0.4, -0.2) is 74.7 Å². The van der Waals surface area contributed by atoms with Crippen molar-refractivity contribution in [3.8, 4) is 10.4 Å². The number of halogens is 8. The van der Waals surface area contributed by atoms with Crippen LogP contribution in [0.2, 0.25) is 0 Å². The summed E-state index contributed by atoms with van der Waals surface area (Å²) in [5.41, 5.74) is -3.97. The van der Waals surface area contributed by atoms with Crippen LogP contribution in [0.4, 0.5) is 40.9 Å². The third-order valence-corrected chi connectivity index (χ3v) is 7.53. The van der Waals surface area contributed by atoms with Crippen LogP contribution in [0.3, 0.4) is 0 Å². The molecule has 2 fully saturated rings. The van der Waals surface area contributed by atoms with E-state index in [0.717, 1.165) is 4.90 Å². The van der Waals surface area contributed by atoms with Gasteiger partial charge in [0.2, 0.25) is 0 Å². The second kappa shape index (κ2) is 10.1. The van der Waals surface area contributed by atoms with Gasteiger partial charge in [0.25, 0.3) is 17.7 Å². The lowest BCUT2D eigenvalue weighted by molar-refractivity contribution is -0.137. The Hall–Kier alpha value is -3.08. The Balaban J connectivity index is 1.76. The number of nitrogens with zero attached hydrogens (tertiary/aromatic N) is 3. The number of carbonyl (C=O) groups excluding carboxylic acids is 2. The molecule has 3 N–H and O–H groups in total. The zero-order chi connectivity index (χ0) is 29.8. The molecule has 220 valence electrons. The molecule has 1 aliphatic carbocycles. The SMILES string of the molecule is CC1CC(F)(F)CN1C(=O)c1nc(C(=O)NC2CC(C)(O)C2)sc1-c1cnc(NCC(F)(F)F)cc1C(F)(F)F. The maximum Gasteiger partial charge on any atom is 0.417 e. The molecule has 0 radical (unpaired) electrons. The topological polar surface area (TPSA) is 107 Å². The zero-order valence-corrected chi connectivity index (χ0v) is 21.7. The van der Waals surface area contributed by atoms with E-state index in [-0.39, 0.29) is 12.8 Å². The van der Waals surface area contributed by atoms with E-state index in [1.54, 1.807) is 12.2 Å². The molecule has 8 nitrogen and oxygen atoms in total. The van der Waals surface area contributed by atoms with Gasteiger partial charge in [-0.1, -0.05) is 0 Å². The summed E-state index contributed by atoms with van der Waals surface area (Å²) in [6, 6.07) is -1.16. The molecule has 4 rings (SSSR count). The summed E-state index contributed by atoms with van der Waals surface area (Å²) in [7, 11) is 0. The number of pyridine rings is 1. The number of likely N-dealkylation sites (tertiary alicyclic amines) is 1.